The van der Waals surface area contributed by atoms with E-state index in [2.05, 4.69) is 19.8 Å². The van der Waals surface area contributed by atoms with Gasteiger partial charge in [0.05, 0.1) is 17.4 Å². The Morgan fingerprint density at radius 1 is 1.35 bits per heavy atom. The zero-order chi connectivity index (χ0) is 15.1. The first kappa shape index (κ1) is 14.7. The molecule has 2 rings (SSSR count). The number of hydrogen-bond donors (Lipinski definition) is 2. The lowest BCUT2D eigenvalue weighted by Gasteiger charge is -2.12. The van der Waals surface area contributed by atoms with E-state index in [-0.39, 0.29) is 4.90 Å². The molecular formula is C12H19N5O2S. The summed E-state index contributed by atoms with van der Waals surface area (Å²) in [6.45, 7) is 7.03. The Bertz CT molecular complexity index is 729. The molecule has 2 N–H and O–H groups in total. The summed E-state index contributed by atoms with van der Waals surface area (Å²) < 4.78 is 29.1. The van der Waals surface area contributed by atoms with Gasteiger partial charge in [-0.3, -0.25) is 4.68 Å². The van der Waals surface area contributed by atoms with Crippen LogP contribution < -0.4 is 4.72 Å². The van der Waals surface area contributed by atoms with Crippen LogP contribution in [-0.4, -0.2) is 28.2 Å². The van der Waals surface area contributed by atoms with Crippen LogP contribution in [0.25, 0.3) is 0 Å². The van der Waals surface area contributed by atoms with Gasteiger partial charge in [0.1, 0.15) is 10.7 Å². The Balaban J connectivity index is 2.32. The molecule has 0 bridgehead atoms. The van der Waals surface area contributed by atoms with Crippen LogP contribution in [0.1, 0.15) is 35.9 Å². The van der Waals surface area contributed by atoms with Crippen molar-refractivity contribution >= 4 is 10.0 Å². The minimum Gasteiger partial charge on any atom is -0.345 e. The number of aromatic amines is 1. The van der Waals surface area contributed by atoms with Gasteiger partial charge in [-0.2, -0.15) is 5.10 Å². The monoisotopic (exact) mass is 297 g/mol. The normalized spacial score (nSPS) is 13.7. The van der Waals surface area contributed by atoms with Crippen LogP contribution in [0.15, 0.2) is 11.1 Å². The van der Waals surface area contributed by atoms with Gasteiger partial charge >= 0.3 is 0 Å². The molecule has 0 radical (unpaired) electrons. The van der Waals surface area contributed by atoms with E-state index >= 15 is 0 Å². The van der Waals surface area contributed by atoms with Gasteiger partial charge in [-0.15, -0.1) is 0 Å². The first-order valence-corrected chi connectivity index (χ1v) is 7.74. The largest absolute Gasteiger partial charge is 0.345 e. The molecule has 0 aromatic carbocycles. The molecule has 0 spiro atoms. The van der Waals surface area contributed by atoms with E-state index < -0.39 is 16.1 Å². The molecule has 2 aromatic rings. The van der Waals surface area contributed by atoms with Gasteiger partial charge < -0.3 is 4.98 Å². The predicted molar refractivity (Wildman–Crippen MR) is 74.7 cm³/mol. The number of hydrogen-bond acceptors (Lipinski definition) is 4. The lowest BCUT2D eigenvalue weighted by molar-refractivity contribution is 0.559. The van der Waals surface area contributed by atoms with Gasteiger partial charge in [0.2, 0.25) is 10.0 Å². The van der Waals surface area contributed by atoms with Crippen molar-refractivity contribution in [2.45, 2.75) is 38.6 Å². The molecule has 0 fully saturated rings. The molecule has 0 saturated heterocycles. The Kier molecular flexibility index (Phi) is 3.70. The highest BCUT2D eigenvalue weighted by molar-refractivity contribution is 7.89. The highest BCUT2D eigenvalue weighted by atomic mass is 32.2. The molecule has 7 nitrogen and oxygen atoms in total. The number of aryl methyl sites for hydroxylation is 3. The van der Waals surface area contributed by atoms with Crippen molar-refractivity contribution in [1.82, 2.24) is 24.5 Å². The second-order valence-electron chi connectivity index (χ2n) is 4.92. The summed E-state index contributed by atoms with van der Waals surface area (Å²) in [7, 11) is -1.91. The standard InChI is InChI=1S/C12H19N5O2S/c1-7-6-13-12(14-7)9(3)16-20(18,19)11-8(2)15-17(5)10(11)4/h6,9,16H,1-5H3,(H,13,14)/t9-/m1/s1. The summed E-state index contributed by atoms with van der Waals surface area (Å²) in [6.07, 6.45) is 1.67. The lowest BCUT2D eigenvalue weighted by Crippen LogP contribution is -2.28. The average molecular weight is 297 g/mol. The van der Waals surface area contributed by atoms with Crippen molar-refractivity contribution in [3.63, 3.8) is 0 Å². The van der Waals surface area contributed by atoms with Crippen molar-refractivity contribution in [2.24, 2.45) is 7.05 Å². The number of sulfonamides is 1. The molecule has 1 atom stereocenters. The van der Waals surface area contributed by atoms with Crippen molar-refractivity contribution in [2.75, 3.05) is 0 Å². The third-order valence-electron chi connectivity index (χ3n) is 3.18. The molecule has 20 heavy (non-hydrogen) atoms. The number of aromatic nitrogens is 4. The number of imidazole rings is 1. The first-order valence-electron chi connectivity index (χ1n) is 6.26. The highest BCUT2D eigenvalue weighted by Crippen LogP contribution is 2.20. The summed E-state index contributed by atoms with van der Waals surface area (Å²) in [6, 6.07) is -0.437. The van der Waals surface area contributed by atoms with Crippen molar-refractivity contribution in [3.05, 3.63) is 29.1 Å². The maximum atomic E-state index is 12.5. The predicted octanol–water partition coefficient (Wildman–Crippen LogP) is 1.11. The Morgan fingerprint density at radius 3 is 2.45 bits per heavy atom. The third kappa shape index (κ3) is 2.61. The Morgan fingerprint density at radius 2 is 2.00 bits per heavy atom. The molecule has 0 saturated carbocycles. The van der Waals surface area contributed by atoms with Crippen LogP contribution in [-0.2, 0) is 17.1 Å². The molecule has 8 heteroatoms. The van der Waals surface area contributed by atoms with Crippen molar-refractivity contribution < 1.29 is 8.42 Å². The summed E-state index contributed by atoms with van der Waals surface area (Å²) in [4.78, 5) is 7.40. The first-order chi connectivity index (χ1) is 9.22. The molecule has 0 aliphatic carbocycles. The fourth-order valence-corrected chi connectivity index (χ4v) is 3.79. The minimum absolute atomic E-state index is 0.232. The fraction of sp³-hybridized carbons (Fsp3) is 0.500. The summed E-state index contributed by atoms with van der Waals surface area (Å²) in [5.41, 5.74) is 1.98. The molecule has 0 aliphatic heterocycles. The van der Waals surface area contributed by atoms with Crippen LogP contribution in [0.2, 0.25) is 0 Å². The van der Waals surface area contributed by atoms with Crippen LogP contribution in [0.3, 0.4) is 0 Å². The van der Waals surface area contributed by atoms with Crippen LogP contribution >= 0.6 is 0 Å². The van der Waals surface area contributed by atoms with Crippen LogP contribution in [0.4, 0.5) is 0 Å². The van der Waals surface area contributed by atoms with E-state index in [4.69, 9.17) is 0 Å². The third-order valence-corrected chi connectivity index (χ3v) is 4.97. The van der Waals surface area contributed by atoms with Crippen molar-refractivity contribution in [1.29, 1.82) is 0 Å². The smallest absolute Gasteiger partial charge is 0.244 e. The van der Waals surface area contributed by atoms with Gasteiger partial charge in [-0.05, 0) is 27.7 Å². The van der Waals surface area contributed by atoms with Gasteiger partial charge in [0.25, 0.3) is 0 Å². The number of H-pyrrole nitrogens is 1. The molecule has 2 heterocycles. The Labute approximate surface area is 118 Å². The zero-order valence-electron chi connectivity index (χ0n) is 12.2. The second kappa shape index (κ2) is 5.02. The summed E-state index contributed by atoms with van der Waals surface area (Å²) in [5.74, 6) is 0.588. The number of rotatable bonds is 4. The summed E-state index contributed by atoms with van der Waals surface area (Å²) >= 11 is 0. The fourth-order valence-electron chi connectivity index (χ4n) is 2.14. The maximum Gasteiger partial charge on any atom is 0.244 e. The van der Waals surface area contributed by atoms with Gasteiger partial charge in [0, 0.05) is 18.9 Å². The van der Waals surface area contributed by atoms with E-state index in [0.29, 0.717) is 17.2 Å². The number of nitrogens with zero attached hydrogens (tertiary/aromatic N) is 3. The van der Waals surface area contributed by atoms with Gasteiger partial charge in [-0.25, -0.2) is 18.1 Å². The quantitative estimate of drug-likeness (QED) is 0.884. The zero-order valence-corrected chi connectivity index (χ0v) is 13.0. The van der Waals surface area contributed by atoms with E-state index in [0.717, 1.165) is 5.69 Å². The van der Waals surface area contributed by atoms with Crippen LogP contribution in [0, 0.1) is 20.8 Å². The topological polar surface area (TPSA) is 92.7 Å². The molecule has 0 amide bonds. The van der Waals surface area contributed by atoms with E-state index in [1.807, 2.05) is 6.92 Å². The molecule has 2 aromatic heterocycles. The molecule has 110 valence electrons. The minimum atomic E-state index is -3.63. The van der Waals surface area contributed by atoms with E-state index in [9.17, 15) is 8.42 Å². The SMILES string of the molecule is Cc1cnc([C@@H](C)NS(=O)(=O)c2c(C)nn(C)c2C)[nH]1. The van der Waals surface area contributed by atoms with Crippen molar-refractivity contribution in [3.8, 4) is 0 Å². The van der Waals surface area contributed by atoms with Gasteiger partial charge in [-0.1, -0.05) is 0 Å². The van der Waals surface area contributed by atoms with E-state index in [1.165, 1.54) is 0 Å². The van der Waals surface area contributed by atoms with E-state index in [1.54, 1.807) is 38.7 Å². The average Bonchev–Trinajstić information content (AvgIpc) is 2.84. The Hall–Kier alpha value is -1.67. The second-order valence-corrected chi connectivity index (χ2v) is 6.57. The molecule has 0 unspecified atom stereocenters. The lowest BCUT2D eigenvalue weighted by atomic mass is 10.3. The number of nitrogens with one attached hydrogen (secondary N) is 2. The van der Waals surface area contributed by atoms with Crippen LogP contribution in [0.5, 0.6) is 0 Å². The molecule has 0 aliphatic rings. The highest BCUT2D eigenvalue weighted by Gasteiger charge is 2.26. The van der Waals surface area contributed by atoms with Gasteiger partial charge in [0.15, 0.2) is 0 Å². The maximum absolute atomic E-state index is 12.5. The summed E-state index contributed by atoms with van der Waals surface area (Å²) in [5, 5.41) is 4.14. The molecular weight excluding hydrogens is 278 g/mol.